The van der Waals surface area contributed by atoms with E-state index in [9.17, 15) is 4.79 Å². The number of hydrogen-bond acceptors (Lipinski definition) is 6. The number of Topliss-reactive ketones (excluding diaryl/α,β-unsaturated/α-hetero) is 1. The van der Waals surface area contributed by atoms with Crippen LogP contribution in [0.3, 0.4) is 0 Å². The number of benzene rings is 1. The van der Waals surface area contributed by atoms with Crippen LogP contribution in [0.4, 0.5) is 0 Å². The van der Waals surface area contributed by atoms with Gasteiger partial charge in [0.25, 0.3) is 0 Å². The number of morpholine rings is 2. The van der Waals surface area contributed by atoms with Gasteiger partial charge < -0.3 is 9.47 Å². The molecule has 138 valence electrons. The van der Waals surface area contributed by atoms with Gasteiger partial charge in [-0.15, -0.1) is 0 Å². The lowest BCUT2D eigenvalue weighted by atomic mass is 9.90. The van der Waals surface area contributed by atoms with Crippen LogP contribution in [0.5, 0.6) is 0 Å². The van der Waals surface area contributed by atoms with Crippen molar-refractivity contribution in [1.82, 2.24) is 9.21 Å². The molecule has 2 aliphatic rings. The van der Waals surface area contributed by atoms with E-state index in [2.05, 4.69) is 21.3 Å². The third-order valence-corrected chi connectivity index (χ3v) is 6.15. The molecule has 3 rings (SSSR count). The highest BCUT2D eigenvalue weighted by molar-refractivity contribution is 7.96. The molecule has 2 saturated heterocycles. The van der Waals surface area contributed by atoms with Crippen molar-refractivity contribution in [2.45, 2.75) is 25.1 Å². The average Bonchev–Trinajstić information content (AvgIpc) is 2.68. The summed E-state index contributed by atoms with van der Waals surface area (Å²) < 4.78 is 13.1. The molecule has 1 aromatic carbocycles. The second-order valence-corrected chi connectivity index (χ2v) is 8.06. The summed E-state index contributed by atoms with van der Waals surface area (Å²) in [6, 6.07) is 8.10. The Morgan fingerprint density at radius 2 is 1.56 bits per heavy atom. The van der Waals surface area contributed by atoms with Crippen molar-refractivity contribution in [2.75, 3.05) is 52.6 Å². The Balaban J connectivity index is 1.57. The number of ether oxygens (including phenoxy) is 2. The molecule has 0 aromatic heterocycles. The van der Waals surface area contributed by atoms with Crippen molar-refractivity contribution in [2.24, 2.45) is 0 Å². The Hall–Kier alpha value is -0.920. The Labute approximate surface area is 154 Å². The molecule has 25 heavy (non-hydrogen) atoms. The summed E-state index contributed by atoms with van der Waals surface area (Å²) in [7, 11) is 0. The minimum absolute atomic E-state index is 0.182. The predicted molar refractivity (Wildman–Crippen MR) is 101 cm³/mol. The molecule has 0 bridgehead atoms. The molecule has 0 amide bonds. The van der Waals surface area contributed by atoms with Crippen LogP contribution in [0, 0.1) is 0 Å². The van der Waals surface area contributed by atoms with Gasteiger partial charge in [-0.05, 0) is 19.4 Å². The van der Waals surface area contributed by atoms with E-state index < -0.39 is 5.54 Å². The van der Waals surface area contributed by atoms with Crippen LogP contribution < -0.4 is 0 Å². The minimum atomic E-state index is -0.492. The molecular formula is C19H28N2O3S. The molecule has 1 aromatic rings. The van der Waals surface area contributed by atoms with Crippen LogP contribution in [0.1, 0.15) is 29.8 Å². The molecular weight excluding hydrogens is 336 g/mol. The third kappa shape index (κ3) is 4.83. The fourth-order valence-electron chi connectivity index (χ4n) is 3.21. The van der Waals surface area contributed by atoms with E-state index >= 15 is 0 Å². The lowest BCUT2D eigenvalue weighted by Crippen LogP contribution is -2.54. The van der Waals surface area contributed by atoms with Crippen molar-refractivity contribution >= 4 is 17.7 Å². The highest BCUT2D eigenvalue weighted by Crippen LogP contribution is 2.23. The summed E-state index contributed by atoms with van der Waals surface area (Å²) in [4.78, 5) is 15.2. The van der Waals surface area contributed by atoms with Crippen LogP contribution in [0.2, 0.25) is 0 Å². The van der Waals surface area contributed by atoms with E-state index in [1.165, 1.54) is 5.56 Å². The van der Waals surface area contributed by atoms with Gasteiger partial charge in [0.2, 0.25) is 0 Å². The first-order valence-electron chi connectivity index (χ1n) is 8.99. The number of nitrogens with zero attached hydrogens (tertiary/aromatic N) is 2. The van der Waals surface area contributed by atoms with Gasteiger partial charge in [0.05, 0.1) is 32.0 Å². The van der Waals surface area contributed by atoms with E-state index in [0.717, 1.165) is 50.7 Å². The zero-order chi connectivity index (χ0) is 17.7. The zero-order valence-corrected chi connectivity index (χ0v) is 16.0. The van der Waals surface area contributed by atoms with Crippen LogP contribution >= 0.6 is 11.9 Å². The monoisotopic (exact) mass is 364 g/mol. The van der Waals surface area contributed by atoms with E-state index in [1.807, 2.05) is 37.9 Å². The van der Waals surface area contributed by atoms with E-state index in [-0.39, 0.29) is 5.78 Å². The molecule has 0 N–H and O–H groups in total. The molecule has 0 atom stereocenters. The van der Waals surface area contributed by atoms with Crippen molar-refractivity contribution in [3.8, 4) is 0 Å². The highest BCUT2D eigenvalue weighted by atomic mass is 32.2. The molecule has 0 radical (unpaired) electrons. The van der Waals surface area contributed by atoms with Gasteiger partial charge in [0.1, 0.15) is 0 Å². The summed E-state index contributed by atoms with van der Waals surface area (Å²) in [6.45, 7) is 10.7. The highest BCUT2D eigenvalue weighted by Gasteiger charge is 2.35. The van der Waals surface area contributed by atoms with Gasteiger partial charge >= 0.3 is 0 Å². The number of hydrogen-bond donors (Lipinski definition) is 0. The fourth-order valence-corrected chi connectivity index (χ4v) is 4.14. The largest absolute Gasteiger partial charge is 0.379 e. The summed E-state index contributed by atoms with van der Waals surface area (Å²) in [5, 5.41) is 0. The Morgan fingerprint density at radius 1 is 1.00 bits per heavy atom. The standard InChI is InChI=1S/C19H28N2O3S/c1-19(2,20-7-11-23-12-8-20)18(22)17-5-3-16(4-6-17)15-25-21-9-13-24-14-10-21/h3-6H,7-15H2,1-2H3. The van der Waals surface area contributed by atoms with Gasteiger partial charge in [0.15, 0.2) is 5.78 Å². The van der Waals surface area contributed by atoms with Gasteiger partial charge in [-0.25, -0.2) is 4.31 Å². The van der Waals surface area contributed by atoms with Crippen LogP contribution in [0.25, 0.3) is 0 Å². The van der Waals surface area contributed by atoms with Crippen LogP contribution in [0.15, 0.2) is 24.3 Å². The SMILES string of the molecule is CC(C)(C(=O)c1ccc(CSN2CCOCC2)cc1)N1CCOCC1. The number of ketones is 1. The van der Waals surface area contributed by atoms with Crippen molar-refractivity contribution in [1.29, 1.82) is 0 Å². The van der Waals surface area contributed by atoms with Crippen LogP contribution in [-0.2, 0) is 15.2 Å². The smallest absolute Gasteiger partial charge is 0.182 e. The van der Waals surface area contributed by atoms with Gasteiger partial charge in [-0.2, -0.15) is 0 Å². The second kappa shape index (κ2) is 8.64. The molecule has 0 saturated carbocycles. The van der Waals surface area contributed by atoms with E-state index in [4.69, 9.17) is 9.47 Å². The number of carbonyl (C=O) groups is 1. The van der Waals surface area contributed by atoms with E-state index in [0.29, 0.717) is 13.2 Å². The zero-order valence-electron chi connectivity index (χ0n) is 15.2. The Bertz CT molecular complexity index is 565. The lowest BCUT2D eigenvalue weighted by Gasteiger charge is -2.39. The summed E-state index contributed by atoms with van der Waals surface area (Å²) >= 11 is 1.84. The molecule has 0 unspecified atom stereocenters. The molecule has 5 nitrogen and oxygen atoms in total. The molecule has 0 spiro atoms. The fraction of sp³-hybridized carbons (Fsp3) is 0.632. The molecule has 2 fully saturated rings. The molecule has 2 aliphatic heterocycles. The first-order chi connectivity index (χ1) is 12.1. The normalized spacial score (nSPS) is 20.6. The van der Waals surface area contributed by atoms with Crippen molar-refractivity contribution < 1.29 is 14.3 Å². The molecule has 6 heteroatoms. The van der Waals surface area contributed by atoms with E-state index in [1.54, 1.807) is 0 Å². The summed E-state index contributed by atoms with van der Waals surface area (Å²) in [5.41, 5.74) is 1.54. The Kier molecular flexibility index (Phi) is 6.52. The van der Waals surface area contributed by atoms with Gasteiger partial charge in [-0.3, -0.25) is 9.69 Å². The van der Waals surface area contributed by atoms with Crippen LogP contribution in [-0.4, -0.2) is 73.1 Å². The maximum Gasteiger partial charge on any atom is 0.182 e. The second-order valence-electron chi connectivity index (χ2n) is 7.00. The quantitative estimate of drug-likeness (QED) is 0.571. The minimum Gasteiger partial charge on any atom is -0.379 e. The van der Waals surface area contributed by atoms with Crippen molar-refractivity contribution in [3.05, 3.63) is 35.4 Å². The number of rotatable bonds is 6. The number of carbonyl (C=O) groups excluding carboxylic acids is 1. The lowest BCUT2D eigenvalue weighted by molar-refractivity contribution is -0.00429. The molecule has 0 aliphatic carbocycles. The average molecular weight is 365 g/mol. The summed E-state index contributed by atoms with van der Waals surface area (Å²) in [5.74, 6) is 1.11. The predicted octanol–water partition coefficient (Wildman–Crippen LogP) is 2.46. The first-order valence-corrected chi connectivity index (χ1v) is 9.94. The molecule has 2 heterocycles. The van der Waals surface area contributed by atoms with Gasteiger partial charge in [0, 0.05) is 37.5 Å². The van der Waals surface area contributed by atoms with Gasteiger partial charge in [-0.1, -0.05) is 36.2 Å². The maximum absolute atomic E-state index is 13.0. The third-order valence-electron chi connectivity index (χ3n) is 4.96. The topological polar surface area (TPSA) is 42.0 Å². The maximum atomic E-state index is 13.0. The Morgan fingerprint density at radius 3 is 2.16 bits per heavy atom. The first kappa shape index (κ1) is 18.9. The van der Waals surface area contributed by atoms with Crippen molar-refractivity contribution in [3.63, 3.8) is 0 Å². The summed E-state index contributed by atoms with van der Waals surface area (Å²) in [6.07, 6.45) is 0.